The molecule has 0 atom stereocenters. The molecule has 0 fully saturated rings. The van der Waals surface area contributed by atoms with Gasteiger partial charge in [-0.2, -0.15) is 4.31 Å². The second-order valence-electron chi connectivity index (χ2n) is 7.41. The summed E-state index contributed by atoms with van der Waals surface area (Å²) >= 11 is 5.90. The van der Waals surface area contributed by atoms with Crippen LogP contribution in [-0.4, -0.2) is 50.4 Å². The monoisotopic (exact) mass is 472 g/mol. The molecule has 0 radical (unpaired) electrons. The van der Waals surface area contributed by atoms with E-state index < -0.39 is 10.0 Å². The van der Waals surface area contributed by atoms with Crippen LogP contribution in [0, 0.1) is 0 Å². The Hall–Kier alpha value is -2.29. The molecule has 6 nitrogen and oxygen atoms in total. The van der Waals surface area contributed by atoms with E-state index in [1.165, 1.54) is 0 Å². The van der Waals surface area contributed by atoms with Gasteiger partial charge in [-0.1, -0.05) is 48.0 Å². The van der Waals surface area contributed by atoms with E-state index in [-0.39, 0.29) is 0 Å². The van der Waals surface area contributed by atoms with Crippen LogP contribution in [0.5, 0.6) is 0 Å². The minimum absolute atomic E-state index is 0.313. The molecule has 2 aromatic carbocycles. The van der Waals surface area contributed by atoms with Crippen molar-refractivity contribution in [2.24, 2.45) is 5.73 Å². The zero-order chi connectivity index (χ0) is 22.8. The van der Waals surface area contributed by atoms with E-state index in [0.29, 0.717) is 48.0 Å². The molecule has 0 aliphatic carbocycles. The Morgan fingerprint density at radius 2 is 1.88 bits per heavy atom. The largest absolute Gasteiger partial charge is 0.330 e. The van der Waals surface area contributed by atoms with Crippen LogP contribution in [-0.2, 0) is 10.0 Å². The Bertz CT molecular complexity index is 1130. The van der Waals surface area contributed by atoms with Crippen LogP contribution in [0.3, 0.4) is 0 Å². The molecule has 0 aliphatic heterocycles. The van der Waals surface area contributed by atoms with E-state index in [9.17, 15) is 8.42 Å². The number of unbranched alkanes of at least 4 members (excludes halogenated alkanes) is 1. The Morgan fingerprint density at radius 3 is 2.66 bits per heavy atom. The van der Waals surface area contributed by atoms with Crippen molar-refractivity contribution in [1.82, 2.24) is 14.6 Å². The first kappa shape index (κ1) is 24.4. The fourth-order valence-corrected chi connectivity index (χ4v) is 5.22. The molecule has 8 heteroatoms. The van der Waals surface area contributed by atoms with E-state index in [4.69, 9.17) is 17.3 Å². The third-order valence-electron chi connectivity index (χ3n) is 5.10. The summed E-state index contributed by atoms with van der Waals surface area (Å²) in [5, 5.41) is 5.49. The van der Waals surface area contributed by atoms with Crippen LogP contribution in [0.2, 0.25) is 5.02 Å². The van der Waals surface area contributed by atoms with Gasteiger partial charge in [0, 0.05) is 54.4 Å². The topological polar surface area (TPSA) is 88.3 Å². The molecule has 0 saturated heterocycles. The number of hydrogen-bond donors (Lipinski definition) is 2. The predicted octanol–water partition coefficient (Wildman–Crippen LogP) is 3.92. The van der Waals surface area contributed by atoms with Gasteiger partial charge >= 0.3 is 0 Å². The number of sulfonamides is 1. The molecule has 3 rings (SSSR count). The van der Waals surface area contributed by atoms with Gasteiger partial charge in [0.1, 0.15) is 0 Å². The molecule has 1 heterocycles. The summed E-state index contributed by atoms with van der Waals surface area (Å²) in [6.45, 7) is 2.53. The maximum absolute atomic E-state index is 13.5. The summed E-state index contributed by atoms with van der Waals surface area (Å²) in [6.07, 6.45) is 8.81. The predicted molar refractivity (Wildman–Crippen MR) is 132 cm³/mol. The molecule has 0 saturated carbocycles. The molecule has 32 heavy (non-hydrogen) atoms. The molecule has 0 bridgehead atoms. The zero-order valence-corrected chi connectivity index (χ0v) is 19.5. The molecule has 0 aliphatic rings. The smallest absolute Gasteiger partial charge is 0.243 e. The molecular weight excluding hydrogens is 444 g/mol. The Kier molecular flexibility index (Phi) is 9.20. The highest BCUT2D eigenvalue weighted by Gasteiger charge is 2.25. The molecule has 0 unspecified atom stereocenters. The van der Waals surface area contributed by atoms with Crippen molar-refractivity contribution < 1.29 is 8.42 Å². The summed E-state index contributed by atoms with van der Waals surface area (Å²) < 4.78 is 28.5. The number of aromatic nitrogens is 1. The first-order valence-electron chi connectivity index (χ1n) is 10.7. The molecule has 3 N–H and O–H groups in total. The Labute approximate surface area is 195 Å². The van der Waals surface area contributed by atoms with Gasteiger partial charge < -0.3 is 11.1 Å². The van der Waals surface area contributed by atoms with Crippen LogP contribution in [0.1, 0.15) is 18.4 Å². The van der Waals surface area contributed by atoms with Crippen molar-refractivity contribution in [1.29, 1.82) is 0 Å². The van der Waals surface area contributed by atoms with Gasteiger partial charge in [0.05, 0.1) is 4.90 Å². The normalized spacial score (nSPS) is 12.2. The lowest BCUT2D eigenvalue weighted by Gasteiger charge is -2.23. The van der Waals surface area contributed by atoms with Gasteiger partial charge in [-0.25, -0.2) is 8.42 Å². The highest BCUT2D eigenvalue weighted by molar-refractivity contribution is 7.89. The summed E-state index contributed by atoms with van der Waals surface area (Å²) in [5.74, 6) is 0. The molecule has 0 spiro atoms. The number of nitrogens with one attached hydrogen (secondary N) is 1. The molecule has 0 amide bonds. The Morgan fingerprint density at radius 1 is 1.06 bits per heavy atom. The van der Waals surface area contributed by atoms with Gasteiger partial charge in [0.2, 0.25) is 10.0 Å². The maximum atomic E-state index is 13.5. The minimum Gasteiger partial charge on any atom is -0.330 e. The lowest BCUT2D eigenvalue weighted by molar-refractivity contribution is 0.398. The van der Waals surface area contributed by atoms with Crippen LogP contribution in [0.4, 0.5) is 0 Å². The summed E-state index contributed by atoms with van der Waals surface area (Å²) in [6, 6.07) is 14.6. The van der Waals surface area contributed by atoms with Crippen molar-refractivity contribution in [2.45, 2.75) is 17.7 Å². The summed E-state index contributed by atoms with van der Waals surface area (Å²) in [5.41, 5.74) is 6.68. The maximum Gasteiger partial charge on any atom is 0.243 e. The first-order valence-corrected chi connectivity index (χ1v) is 12.5. The standard InChI is InChI=1S/C24H29ClN4O2S/c25-22-10-8-20(9-11-22)5-4-14-27-16-18-29(17-2-1-13-26)32(30,31)24-7-3-6-21-19-28-15-12-23(21)24/h3-12,15,19,27H,1-2,13-14,16-18,26H2. The number of pyridine rings is 1. The molecule has 3 aromatic rings. The quantitative estimate of drug-likeness (QED) is 0.390. The number of nitrogens with two attached hydrogens (primary N) is 1. The number of hydrogen-bond acceptors (Lipinski definition) is 5. The van der Waals surface area contributed by atoms with E-state index in [1.807, 2.05) is 42.5 Å². The van der Waals surface area contributed by atoms with Crippen molar-refractivity contribution in [2.75, 3.05) is 32.7 Å². The van der Waals surface area contributed by atoms with Crippen molar-refractivity contribution in [3.05, 3.63) is 77.6 Å². The average Bonchev–Trinajstić information content (AvgIpc) is 2.80. The third kappa shape index (κ3) is 6.60. The first-order chi connectivity index (χ1) is 15.5. The van der Waals surface area contributed by atoms with Crippen LogP contribution < -0.4 is 11.1 Å². The van der Waals surface area contributed by atoms with Gasteiger partial charge in [0.25, 0.3) is 0 Å². The number of nitrogens with zero attached hydrogens (tertiary/aromatic N) is 2. The second-order valence-corrected chi connectivity index (χ2v) is 9.75. The summed E-state index contributed by atoms with van der Waals surface area (Å²) in [4.78, 5) is 4.41. The lowest BCUT2D eigenvalue weighted by atomic mass is 10.2. The van der Waals surface area contributed by atoms with Gasteiger partial charge in [-0.05, 0) is 49.2 Å². The van der Waals surface area contributed by atoms with Crippen molar-refractivity contribution in [3.8, 4) is 0 Å². The fourth-order valence-electron chi connectivity index (χ4n) is 3.40. The fraction of sp³-hybridized carbons (Fsp3) is 0.292. The van der Waals surface area contributed by atoms with Crippen LogP contribution >= 0.6 is 11.6 Å². The van der Waals surface area contributed by atoms with E-state index in [2.05, 4.69) is 10.3 Å². The van der Waals surface area contributed by atoms with E-state index in [0.717, 1.165) is 23.8 Å². The highest BCUT2D eigenvalue weighted by Crippen LogP contribution is 2.25. The lowest BCUT2D eigenvalue weighted by Crippen LogP contribution is -2.38. The zero-order valence-electron chi connectivity index (χ0n) is 18.0. The molecule has 1 aromatic heterocycles. The summed E-state index contributed by atoms with van der Waals surface area (Å²) in [7, 11) is -3.65. The minimum atomic E-state index is -3.65. The number of halogens is 1. The van der Waals surface area contributed by atoms with Crippen LogP contribution in [0.15, 0.2) is 71.9 Å². The SMILES string of the molecule is NCCCCN(CCNCC=Cc1ccc(Cl)cc1)S(=O)(=O)c1cccc2cnccc12. The highest BCUT2D eigenvalue weighted by atomic mass is 35.5. The molecular formula is C24H29ClN4O2S. The third-order valence-corrected chi connectivity index (χ3v) is 7.31. The Balaban J connectivity index is 1.65. The van der Waals surface area contributed by atoms with Crippen molar-refractivity contribution >= 4 is 38.5 Å². The van der Waals surface area contributed by atoms with E-state index >= 15 is 0 Å². The van der Waals surface area contributed by atoms with Gasteiger partial charge in [-0.3, -0.25) is 4.98 Å². The van der Waals surface area contributed by atoms with Crippen LogP contribution in [0.25, 0.3) is 16.8 Å². The van der Waals surface area contributed by atoms with E-state index in [1.54, 1.807) is 34.9 Å². The van der Waals surface area contributed by atoms with Crippen molar-refractivity contribution in [3.63, 3.8) is 0 Å². The number of benzene rings is 2. The second kappa shape index (κ2) is 12.1. The van der Waals surface area contributed by atoms with Gasteiger partial charge in [0.15, 0.2) is 0 Å². The number of rotatable bonds is 12. The number of fused-ring (bicyclic) bond motifs is 1. The van der Waals surface area contributed by atoms with Gasteiger partial charge in [-0.15, -0.1) is 0 Å². The molecule has 170 valence electrons. The average molecular weight is 473 g/mol.